The summed E-state index contributed by atoms with van der Waals surface area (Å²) < 4.78 is 5.67. The molecule has 0 aliphatic rings. The Morgan fingerprint density at radius 1 is 1.17 bits per heavy atom. The zero-order valence-electron chi connectivity index (χ0n) is 13.3. The van der Waals surface area contributed by atoms with Crippen molar-refractivity contribution in [1.82, 2.24) is 10.4 Å². The van der Waals surface area contributed by atoms with E-state index in [1.165, 1.54) is 0 Å². The van der Waals surface area contributed by atoms with Gasteiger partial charge in [0.25, 0.3) is 5.91 Å². The van der Waals surface area contributed by atoms with Crippen molar-refractivity contribution in [2.24, 2.45) is 5.10 Å². The van der Waals surface area contributed by atoms with Gasteiger partial charge in [0.05, 0.1) is 12.8 Å². The lowest BCUT2D eigenvalue weighted by Gasteiger charge is -2.10. The molecule has 0 aliphatic heterocycles. The predicted molar refractivity (Wildman–Crippen MR) is 94.4 cm³/mol. The molecule has 3 aromatic rings. The van der Waals surface area contributed by atoms with Crippen molar-refractivity contribution in [3.05, 3.63) is 72.1 Å². The molecular formula is C19H17N3O2. The largest absolute Gasteiger partial charge is 0.493 e. The average molecular weight is 319 g/mol. The van der Waals surface area contributed by atoms with E-state index in [9.17, 15) is 4.79 Å². The minimum absolute atomic E-state index is 0.317. The second kappa shape index (κ2) is 7.37. The summed E-state index contributed by atoms with van der Waals surface area (Å²) in [4.78, 5) is 16.0. The van der Waals surface area contributed by atoms with Gasteiger partial charge in [-0.1, -0.05) is 36.4 Å². The summed E-state index contributed by atoms with van der Waals surface area (Å²) in [5.74, 6) is 0.372. The number of hydrogen-bond donors (Lipinski definition) is 1. The maximum atomic E-state index is 12.0. The number of benzene rings is 2. The Morgan fingerprint density at radius 2 is 2.00 bits per heavy atom. The van der Waals surface area contributed by atoms with Gasteiger partial charge in [-0.3, -0.25) is 9.78 Å². The number of rotatable bonds is 5. The van der Waals surface area contributed by atoms with Gasteiger partial charge in [-0.05, 0) is 35.9 Å². The zero-order chi connectivity index (χ0) is 16.8. The van der Waals surface area contributed by atoms with E-state index in [1.54, 1.807) is 30.6 Å². The number of hydrogen-bond acceptors (Lipinski definition) is 4. The fourth-order valence-electron chi connectivity index (χ4n) is 2.40. The number of nitrogens with zero attached hydrogens (tertiary/aromatic N) is 2. The first-order valence-corrected chi connectivity index (χ1v) is 7.68. The molecule has 0 aliphatic carbocycles. The third-order valence-electron chi connectivity index (χ3n) is 3.49. The van der Waals surface area contributed by atoms with Gasteiger partial charge in [-0.2, -0.15) is 5.10 Å². The molecule has 5 heteroatoms. The monoisotopic (exact) mass is 319 g/mol. The Bertz CT molecular complexity index is 876. The van der Waals surface area contributed by atoms with Crippen LogP contribution in [0.2, 0.25) is 0 Å². The Labute approximate surface area is 140 Å². The summed E-state index contributed by atoms with van der Waals surface area (Å²) in [5.41, 5.74) is 3.64. The predicted octanol–water partition coefficient (Wildman–Crippen LogP) is 3.40. The highest BCUT2D eigenvalue weighted by molar-refractivity contribution is 6.03. The van der Waals surface area contributed by atoms with Crippen LogP contribution in [0.1, 0.15) is 23.0 Å². The molecular weight excluding hydrogens is 302 g/mol. The van der Waals surface area contributed by atoms with Gasteiger partial charge in [0, 0.05) is 11.8 Å². The highest BCUT2D eigenvalue weighted by Crippen LogP contribution is 2.26. The third-order valence-corrected chi connectivity index (χ3v) is 3.49. The summed E-state index contributed by atoms with van der Waals surface area (Å²) in [5, 5.41) is 6.16. The van der Waals surface area contributed by atoms with Crippen molar-refractivity contribution in [3.8, 4) is 5.75 Å². The lowest BCUT2D eigenvalue weighted by Crippen LogP contribution is -2.18. The van der Waals surface area contributed by atoms with Crippen LogP contribution >= 0.6 is 0 Å². The lowest BCUT2D eigenvalue weighted by molar-refractivity contribution is 0.0950. The molecule has 0 fully saturated rings. The van der Waals surface area contributed by atoms with Gasteiger partial charge in [0.2, 0.25) is 0 Å². The quantitative estimate of drug-likeness (QED) is 0.579. The number of carbonyl (C=O) groups excluding carboxylic acids is 1. The van der Waals surface area contributed by atoms with Crippen molar-refractivity contribution >= 4 is 22.9 Å². The Morgan fingerprint density at radius 3 is 2.79 bits per heavy atom. The van der Waals surface area contributed by atoms with E-state index in [2.05, 4.69) is 15.5 Å². The minimum Gasteiger partial charge on any atom is -0.493 e. The number of aromatic nitrogens is 1. The highest BCUT2D eigenvalue weighted by Gasteiger charge is 2.08. The zero-order valence-corrected chi connectivity index (χ0v) is 13.3. The van der Waals surface area contributed by atoms with Crippen molar-refractivity contribution in [3.63, 3.8) is 0 Å². The van der Waals surface area contributed by atoms with E-state index >= 15 is 0 Å². The van der Waals surface area contributed by atoms with Crippen LogP contribution in [-0.4, -0.2) is 23.7 Å². The van der Waals surface area contributed by atoms with Crippen LogP contribution in [0.4, 0.5) is 0 Å². The molecule has 1 aromatic heterocycles. The number of ether oxygens (including phenoxy) is 1. The van der Waals surface area contributed by atoms with Crippen LogP contribution in [0, 0.1) is 0 Å². The normalized spacial score (nSPS) is 10.9. The fraction of sp³-hybridized carbons (Fsp3) is 0.105. The van der Waals surface area contributed by atoms with Gasteiger partial charge >= 0.3 is 0 Å². The van der Waals surface area contributed by atoms with Crippen LogP contribution in [0.15, 0.2) is 65.9 Å². The summed E-state index contributed by atoms with van der Waals surface area (Å²) in [6.45, 7) is 2.48. The van der Waals surface area contributed by atoms with E-state index in [4.69, 9.17) is 4.74 Å². The standard InChI is InChI=1S/C19H17N3O2/c1-2-24-18-11-10-14-7-3-4-8-15(14)16(18)13-21-22-19(23)17-9-5-6-12-20-17/h3-13H,2H2,1H3,(H,22,23)/b21-13-. The van der Waals surface area contributed by atoms with Crippen molar-refractivity contribution < 1.29 is 9.53 Å². The molecule has 0 atom stereocenters. The molecule has 5 nitrogen and oxygen atoms in total. The third kappa shape index (κ3) is 3.41. The number of hydrazone groups is 1. The molecule has 0 saturated heterocycles. The first kappa shape index (κ1) is 15.7. The minimum atomic E-state index is -0.356. The molecule has 0 radical (unpaired) electrons. The van der Waals surface area contributed by atoms with Gasteiger partial charge in [-0.25, -0.2) is 5.43 Å². The van der Waals surface area contributed by atoms with Crippen LogP contribution < -0.4 is 10.2 Å². The van der Waals surface area contributed by atoms with E-state index < -0.39 is 0 Å². The molecule has 2 aromatic carbocycles. The van der Waals surface area contributed by atoms with Crippen molar-refractivity contribution in [1.29, 1.82) is 0 Å². The number of nitrogens with one attached hydrogen (secondary N) is 1. The molecule has 0 spiro atoms. The van der Waals surface area contributed by atoms with Crippen molar-refractivity contribution in [2.45, 2.75) is 6.92 Å². The van der Waals surface area contributed by atoms with Gasteiger partial charge < -0.3 is 4.74 Å². The Hall–Kier alpha value is -3.21. The van der Waals surface area contributed by atoms with Crippen LogP contribution in [0.5, 0.6) is 5.75 Å². The van der Waals surface area contributed by atoms with Crippen LogP contribution in [-0.2, 0) is 0 Å². The first-order valence-electron chi connectivity index (χ1n) is 7.68. The van der Waals surface area contributed by atoms with Crippen LogP contribution in [0.25, 0.3) is 10.8 Å². The maximum absolute atomic E-state index is 12.0. The van der Waals surface area contributed by atoms with E-state index in [0.29, 0.717) is 12.3 Å². The molecule has 1 N–H and O–H groups in total. The van der Waals surface area contributed by atoms with Gasteiger partial charge in [0.1, 0.15) is 11.4 Å². The van der Waals surface area contributed by atoms with E-state index in [1.807, 2.05) is 43.3 Å². The summed E-state index contributed by atoms with van der Waals surface area (Å²) in [6, 6.07) is 17.0. The fourth-order valence-corrected chi connectivity index (χ4v) is 2.40. The average Bonchev–Trinajstić information content (AvgIpc) is 2.64. The SMILES string of the molecule is CCOc1ccc2ccccc2c1/C=N\NC(=O)c1ccccn1. The smallest absolute Gasteiger partial charge is 0.289 e. The van der Waals surface area contributed by atoms with Crippen LogP contribution in [0.3, 0.4) is 0 Å². The molecule has 3 rings (SSSR count). The second-order valence-electron chi connectivity index (χ2n) is 5.05. The highest BCUT2D eigenvalue weighted by atomic mass is 16.5. The summed E-state index contributed by atoms with van der Waals surface area (Å²) >= 11 is 0. The molecule has 0 unspecified atom stereocenters. The topological polar surface area (TPSA) is 63.6 Å². The number of amides is 1. The number of fused-ring (bicyclic) bond motifs is 1. The Kier molecular flexibility index (Phi) is 4.81. The molecule has 1 heterocycles. The molecule has 1 amide bonds. The lowest BCUT2D eigenvalue weighted by atomic mass is 10.0. The van der Waals surface area contributed by atoms with E-state index in [-0.39, 0.29) is 5.91 Å². The maximum Gasteiger partial charge on any atom is 0.289 e. The van der Waals surface area contributed by atoms with E-state index in [0.717, 1.165) is 22.1 Å². The molecule has 0 saturated carbocycles. The second-order valence-corrected chi connectivity index (χ2v) is 5.05. The Balaban J connectivity index is 1.88. The molecule has 0 bridgehead atoms. The van der Waals surface area contributed by atoms with Crippen molar-refractivity contribution in [2.75, 3.05) is 6.61 Å². The summed E-state index contributed by atoms with van der Waals surface area (Å²) in [7, 11) is 0. The number of pyridine rings is 1. The van der Waals surface area contributed by atoms with Gasteiger partial charge in [0.15, 0.2) is 0 Å². The van der Waals surface area contributed by atoms with Gasteiger partial charge in [-0.15, -0.1) is 0 Å². The molecule has 24 heavy (non-hydrogen) atoms. The number of carbonyl (C=O) groups is 1. The summed E-state index contributed by atoms with van der Waals surface area (Å²) in [6.07, 6.45) is 3.17. The first-order chi connectivity index (χ1) is 11.8. The molecule has 120 valence electrons.